The van der Waals surface area contributed by atoms with Crippen LogP contribution in [-0.2, 0) is 0 Å². The number of nitrogens with zero attached hydrogens (tertiary/aromatic N) is 1. The van der Waals surface area contributed by atoms with Crippen molar-refractivity contribution in [2.75, 3.05) is 6.54 Å². The van der Waals surface area contributed by atoms with E-state index in [1.165, 1.54) is 0 Å². The molecule has 1 nitrogen and oxygen atoms in total. The molecule has 0 radical (unpaired) electrons. The van der Waals surface area contributed by atoms with Gasteiger partial charge in [0.25, 0.3) is 0 Å². The molecule has 0 aliphatic carbocycles. The largest absolute Gasteiger partial charge is 0.317 e. The summed E-state index contributed by atoms with van der Waals surface area (Å²) in [6.45, 7) is 9.44. The zero-order valence-corrected chi connectivity index (χ0v) is 11.4. The van der Waals surface area contributed by atoms with Crippen LogP contribution in [0.1, 0.15) is 27.7 Å². The fraction of sp³-hybridized carbons (Fsp3) is 0.600. The average molecular weight is 245 g/mol. The average Bonchev–Trinajstić information content (AvgIpc) is 2.24. The van der Waals surface area contributed by atoms with E-state index in [9.17, 15) is 0 Å². The van der Waals surface area contributed by atoms with Gasteiger partial charge in [-0.15, -0.1) is 0 Å². The third-order valence-corrected chi connectivity index (χ3v) is 3.72. The lowest BCUT2D eigenvalue weighted by Crippen LogP contribution is -2.26. The summed E-state index contributed by atoms with van der Waals surface area (Å²) in [5.74, 6) is 0. The van der Waals surface area contributed by atoms with Crippen LogP contribution in [0.15, 0.2) is 11.0 Å². The van der Waals surface area contributed by atoms with Gasteiger partial charge in [-0.3, -0.25) is 0 Å². The van der Waals surface area contributed by atoms with Crippen LogP contribution in [0, 0.1) is 5.41 Å². The number of likely N-dealkylation sites (N-methyl/N-ethyl adjacent to an activating group) is 1. The molecule has 0 unspecified atom stereocenters. The quantitative estimate of drug-likeness (QED) is 0.513. The minimum Gasteiger partial charge on any atom is -0.317 e. The molecule has 0 bridgehead atoms. The lowest BCUT2D eigenvalue weighted by atomic mass is 9.96. The van der Waals surface area contributed by atoms with E-state index in [1.54, 1.807) is 11.8 Å². The lowest BCUT2D eigenvalue weighted by Gasteiger charge is -2.15. The standard InChI is InChI=1S/C10H15NS3/c1-5-11-8(12)7(14-9(11)13)6-10(2,3)4/h6H,5H2,1-4H3/b7-6-. The summed E-state index contributed by atoms with van der Waals surface area (Å²) in [5, 5.41) is 0. The van der Waals surface area contributed by atoms with E-state index in [-0.39, 0.29) is 5.41 Å². The fourth-order valence-corrected chi connectivity index (χ4v) is 3.30. The highest BCUT2D eigenvalue weighted by Crippen LogP contribution is 2.34. The number of rotatable bonds is 1. The molecular formula is C10H15NS3. The van der Waals surface area contributed by atoms with E-state index in [1.807, 2.05) is 4.90 Å². The van der Waals surface area contributed by atoms with E-state index in [2.05, 4.69) is 33.8 Å². The smallest absolute Gasteiger partial charge is 0.146 e. The summed E-state index contributed by atoms with van der Waals surface area (Å²) in [6.07, 6.45) is 2.20. The molecule has 78 valence electrons. The Hall–Kier alpha value is 0.0700. The Morgan fingerprint density at radius 3 is 2.29 bits per heavy atom. The summed E-state index contributed by atoms with van der Waals surface area (Å²) in [4.78, 5) is 4.03. The third kappa shape index (κ3) is 2.78. The molecule has 0 aromatic rings. The number of hydrogen-bond acceptors (Lipinski definition) is 3. The lowest BCUT2D eigenvalue weighted by molar-refractivity contribution is 0.543. The van der Waals surface area contributed by atoms with Crippen LogP contribution in [0.3, 0.4) is 0 Å². The first-order chi connectivity index (χ1) is 6.35. The number of hydrogen-bond donors (Lipinski definition) is 0. The van der Waals surface area contributed by atoms with Gasteiger partial charge in [-0.25, -0.2) is 0 Å². The molecule has 0 saturated carbocycles. The Morgan fingerprint density at radius 1 is 1.36 bits per heavy atom. The molecule has 1 aliphatic heterocycles. The van der Waals surface area contributed by atoms with E-state index < -0.39 is 0 Å². The fourth-order valence-electron chi connectivity index (χ4n) is 1.17. The molecule has 0 atom stereocenters. The molecule has 1 rings (SSSR count). The maximum absolute atomic E-state index is 5.36. The van der Waals surface area contributed by atoms with Gasteiger partial charge in [-0.2, -0.15) is 0 Å². The molecule has 14 heavy (non-hydrogen) atoms. The Bertz CT molecular complexity index is 299. The van der Waals surface area contributed by atoms with E-state index in [0.29, 0.717) is 0 Å². The minimum atomic E-state index is 0.158. The summed E-state index contributed by atoms with van der Waals surface area (Å²) in [6, 6.07) is 0. The van der Waals surface area contributed by atoms with E-state index in [0.717, 1.165) is 20.8 Å². The normalized spacial score (nSPS) is 21.1. The molecule has 0 amide bonds. The van der Waals surface area contributed by atoms with E-state index in [4.69, 9.17) is 24.4 Å². The molecule has 0 spiro atoms. The van der Waals surface area contributed by atoms with Crippen molar-refractivity contribution in [2.24, 2.45) is 5.41 Å². The predicted octanol–water partition coefficient (Wildman–Crippen LogP) is 3.60. The van der Waals surface area contributed by atoms with Gasteiger partial charge in [0.15, 0.2) is 0 Å². The molecule has 1 aliphatic rings. The molecule has 1 heterocycles. The van der Waals surface area contributed by atoms with Gasteiger partial charge in [0, 0.05) is 11.4 Å². The number of allylic oxidation sites excluding steroid dienone is 1. The van der Waals surface area contributed by atoms with Crippen molar-refractivity contribution < 1.29 is 0 Å². The van der Waals surface area contributed by atoms with Crippen molar-refractivity contribution in [3.63, 3.8) is 0 Å². The maximum atomic E-state index is 5.36. The van der Waals surface area contributed by atoms with Gasteiger partial charge in [0.05, 0.1) is 0 Å². The van der Waals surface area contributed by atoms with Crippen LogP contribution >= 0.6 is 36.2 Å². The molecule has 0 N–H and O–H groups in total. The van der Waals surface area contributed by atoms with Crippen molar-refractivity contribution in [3.05, 3.63) is 11.0 Å². The van der Waals surface area contributed by atoms with Gasteiger partial charge in [-0.05, 0) is 12.3 Å². The van der Waals surface area contributed by atoms with Crippen molar-refractivity contribution in [3.8, 4) is 0 Å². The Balaban J connectivity index is 2.92. The van der Waals surface area contributed by atoms with Crippen molar-refractivity contribution in [2.45, 2.75) is 27.7 Å². The van der Waals surface area contributed by atoms with Gasteiger partial charge < -0.3 is 4.90 Å². The summed E-state index contributed by atoms with van der Waals surface area (Å²) >= 11 is 12.2. The maximum Gasteiger partial charge on any atom is 0.146 e. The zero-order chi connectivity index (χ0) is 10.9. The monoisotopic (exact) mass is 245 g/mol. The first-order valence-electron chi connectivity index (χ1n) is 4.61. The zero-order valence-electron chi connectivity index (χ0n) is 8.96. The Kier molecular flexibility index (Phi) is 3.72. The van der Waals surface area contributed by atoms with Crippen LogP contribution in [0.2, 0.25) is 0 Å². The minimum absolute atomic E-state index is 0.158. The van der Waals surface area contributed by atoms with Crippen molar-refractivity contribution in [1.29, 1.82) is 0 Å². The second-order valence-corrected chi connectivity index (χ2v) is 6.35. The molecule has 1 saturated heterocycles. The van der Waals surface area contributed by atoms with Crippen LogP contribution in [0.5, 0.6) is 0 Å². The van der Waals surface area contributed by atoms with Crippen LogP contribution < -0.4 is 0 Å². The highest BCUT2D eigenvalue weighted by molar-refractivity contribution is 8.27. The second-order valence-electron chi connectivity index (χ2n) is 4.29. The number of thiocarbonyl (C=S) groups is 2. The first kappa shape index (κ1) is 12.1. The van der Waals surface area contributed by atoms with Gasteiger partial charge in [-0.1, -0.05) is 63.0 Å². The Morgan fingerprint density at radius 2 is 1.93 bits per heavy atom. The van der Waals surface area contributed by atoms with Crippen LogP contribution in [-0.4, -0.2) is 20.8 Å². The van der Waals surface area contributed by atoms with Crippen LogP contribution in [0.4, 0.5) is 0 Å². The van der Waals surface area contributed by atoms with Gasteiger partial charge in [0.2, 0.25) is 0 Å². The summed E-state index contributed by atoms with van der Waals surface area (Å²) < 4.78 is 0.882. The van der Waals surface area contributed by atoms with Gasteiger partial charge in [0.1, 0.15) is 9.31 Å². The van der Waals surface area contributed by atoms with Crippen molar-refractivity contribution in [1.82, 2.24) is 4.90 Å². The topological polar surface area (TPSA) is 3.24 Å². The second kappa shape index (κ2) is 4.29. The Labute approximate surface area is 101 Å². The highest BCUT2D eigenvalue weighted by Gasteiger charge is 2.28. The van der Waals surface area contributed by atoms with E-state index >= 15 is 0 Å². The van der Waals surface area contributed by atoms with Crippen LogP contribution in [0.25, 0.3) is 0 Å². The molecule has 0 aromatic carbocycles. The SMILES string of the molecule is CCN1C(=S)S/C(=C\C(C)(C)C)C1=S. The first-order valence-corrected chi connectivity index (χ1v) is 6.25. The predicted molar refractivity (Wildman–Crippen MR) is 72.7 cm³/mol. The highest BCUT2D eigenvalue weighted by atomic mass is 32.2. The summed E-state index contributed by atoms with van der Waals surface area (Å²) in [5.41, 5.74) is 0.158. The molecule has 4 heteroatoms. The van der Waals surface area contributed by atoms with Crippen molar-refractivity contribution >= 4 is 45.5 Å². The van der Waals surface area contributed by atoms with Gasteiger partial charge >= 0.3 is 0 Å². The molecule has 1 fully saturated rings. The third-order valence-electron chi connectivity index (χ3n) is 1.75. The number of thioether (sulfide) groups is 1. The summed E-state index contributed by atoms with van der Waals surface area (Å²) in [7, 11) is 0. The molecule has 0 aromatic heterocycles. The molecular weight excluding hydrogens is 230 g/mol.